The first-order valence-corrected chi connectivity index (χ1v) is 6.31. The van der Waals surface area contributed by atoms with Crippen molar-refractivity contribution in [1.82, 2.24) is 0 Å². The van der Waals surface area contributed by atoms with E-state index in [1.807, 2.05) is 0 Å². The molecule has 0 saturated carbocycles. The maximum absolute atomic E-state index is 5.24. The van der Waals surface area contributed by atoms with Crippen LogP contribution in [0.3, 0.4) is 0 Å². The molecule has 0 aliphatic carbocycles. The number of alkyl halides is 1. The van der Waals surface area contributed by atoms with Crippen LogP contribution in [-0.4, -0.2) is 7.11 Å². The van der Waals surface area contributed by atoms with Crippen molar-refractivity contribution in [2.75, 3.05) is 7.11 Å². The summed E-state index contributed by atoms with van der Waals surface area (Å²) in [7, 11) is 1.71. The molecular formula is C11H11BrOS. The molecule has 0 spiro atoms. The first kappa shape index (κ1) is 9.99. The molecule has 0 atom stereocenters. The number of rotatable bonds is 2. The average molecular weight is 271 g/mol. The van der Waals surface area contributed by atoms with Crippen LogP contribution in [0.2, 0.25) is 0 Å². The molecule has 1 heterocycles. The van der Waals surface area contributed by atoms with Crippen molar-refractivity contribution in [3.05, 3.63) is 29.3 Å². The summed E-state index contributed by atoms with van der Waals surface area (Å²) in [6.07, 6.45) is 0. The molecule has 0 fully saturated rings. The summed E-state index contributed by atoms with van der Waals surface area (Å²) in [4.78, 5) is 0. The molecule has 0 radical (unpaired) electrons. The summed E-state index contributed by atoms with van der Waals surface area (Å²) in [5.41, 5.74) is 2.64. The molecule has 0 saturated heterocycles. The third kappa shape index (κ3) is 1.66. The Hall–Kier alpha value is -0.540. The largest absolute Gasteiger partial charge is 0.487 e. The lowest BCUT2D eigenvalue weighted by molar-refractivity contribution is 0.427. The van der Waals surface area contributed by atoms with Gasteiger partial charge in [0.1, 0.15) is 0 Å². The number of fused-ring (bicyclic) bond motifs is 1. The van der Waals surface area contributed by atoms with Crippen LogP contribution in [0.1, 0.15) is 11.1 Å². The van der Waals surface area contributed by atoms with E-state index in [9.17, 15) is 0 Å². The van der Waals surface area contributed by atoms with Gasteiger partial charge >= 0.3 is 0 Å². The van der Waals surface area contributed by atoms with Crippen LogP contribution in [0.4, 0.5) is 0 Å². The number of methoxy groups -OCH3 is 1. The van der Waals surface area contributed by atoms with Crippen molar-refractivity contribution in [2.24, 2.45) is 0 Å². The third-order valence-corrected chi connectivity index (χ3v) is 3.95. The van der Waals surface area contributed by atoms with Gasteiger partial charge in [0.2, 0.25) is 0 Å². The lowest BCUT2D eigenvalue weighted by atomic mass is 10.1. The number of aryl methyl sites for hydroxylation is 1. The molecule has 1 nitrogen and oxygen atoms in total. The first-order valence-electron chi connectivity index (χ1n) is 4.37. The SMILES string of the molecule is COc1cc2cc(C)cc(CBr)c2s1. The molecule has 14 heavy (non-hydrogen) atoms. The topological polar surface area (TPSA) is 9.23 Å². The molecule has 3 heteroatoms. The zero-order valence-electron chi connectivity index (χ0n) is 8.13. The Morgan fingerprint density at radius 2 is 2.14 bits per heavy atom. The van der Waals surface area contributed by atoms with Crippen LogP contribution in [0.25, 0.3) is 10.1 Å². The third-order valence-electron chi connectivity index (χ3n) is 2.16. The summed E-state index contributed by atoms with van der Waals surface area (Å²) in [6, 6.07) is 6.51. The second kappa shape index (κ2) is 3.91. The van der Waals surface area contributed by atoms with Gasteiger partial charge in [-0.05, 0) is 23.9 Å². The standard InChI is InChI=1S/C11H11BrOS/c1-7-3-8-5-10(13-2)14-11(8)9(4-7)6-12/h3-5H,6H2,1-2H3. The highest BCUT2D eigenvalue weighted by Crippen LogP contribution is 2.35. The van der Waals surface area contributed by atoms with Crippen molar-refractivity contribution >= 4 is 37.4 Å². The normalized spacial score (nSPS) is 10.8. The van der Waals surface area contributed by atoms with Crippen LogP contribution >= 0.6 is 27.3 Å². The summed E-state index contributed by atoms with van der Waals surface area (Å²) in [5, 5.41) is 3.16. The lowest BCUT2D eigenvalue weighted by Crippen LogP contribution is -1.79. The highest BCUT2D eigenvalue weighted by Gasteiger charge is 2.06. The monoisotopic (exact) mass is 270 g/mol. The van der Waals surface area contributed by atoms with E-state index in [-0.39, 0.29) is 0 Å². The van der Waals surface area contributed by atoms with Crippen molar-refractivity contribution < 1.29 is 4.74 Å². The molecule has 0 aliphatic rings. The highest BCUT2D eigenvalue weighted by molar-refractivity contribution is 9.08. The fourth-order valence-corrected chi connectivity index (χ4v) is 3.16. The molecule has 0 N–H and O–H groups in total. The van der Waals surface area contributed by atoms with Crippen molar-refractivity contribution in [3.63, 3.8) is 0 Å². The molecule has 2 aromatic rings. The second-order valence-corrected chi connectivity index (χ2v) is 4.82. The van der Waals surface area contributed by atoms with Crippen molar-refractivity contribution in [1.29, 1.82) is 0 Å². The van der Waals surface area contributed by atoms with Gasteiger partial charge in [0, 0.05) is 10.0 Å². The van der Waals surface area contributed by atoms with E-state index >= 15 is 0 Å². The molecule has 0 unspecified atom stereocenters. The number of ether oxygens (including phenoxy) is 1. The number of halogens is 1. The van der Waals surface area contributed by atoms with E-state index in [0.29, 0.717) is 0 Å². The van der Waals surface area contributed by atoms with Gasteiger partial charge in [-0.1, -0.05) is 45.0 Å². The van der Waals surface area contributed by atoms with E-state index in [0.717, 1.165) is 10.4 Å². The lowest BCUT2D eigenvalue weighted by Gasteiger charge is -1.99. The van der Waals surface area contributed by atoms with Gasteiger partial charge in [-0.25, -0.2) is 0 Å². The Labute approximate surface area is 95.8 Å². The van der Waals surface area contributed by atoms with E-state index in [1.165, 1.54) is 21.2 Å². The van der Waals surface area contributed by atoms with E-state index in [4.69, 9.17) is 4.74 Å². The Kier molecular flexibility index (Phi) is 2.79. The summed E-state index contributed by atoms with van der Waals surface area (Å²) < 4.78 is 6.57. The number of thiophene rings is 1. The van der Waals surface area contributed by atoms with Gasteiger partial charge in [-0.2, -0.15) is 0 Å². The minimum Gasteiger partial charge on any atom is -0.487 e. The first-order chi connectivity index (χ1) is 6.74. The van der Waals surface area contributed by atoms with Crippen LogP contribution in [0, 0.1) is 6.92 Å². The van der Waals surface area contributed by atoms with Gasteiger partial charge in [-0.15, -0.1) is 0 Å². The van der Waals surface area contributed by atoms with Crippen LogP contribution < -0.4 is 4.74 Å². The fraction of sp³-hybridized carbons (Fsp3) is 0.273. The minimum absolute atomic E-state index is 0.898. The maximum Gasteiger partial charge on any atom is 0.174 e. The minimum atomic E-state index is 0.898. The molecular weight excluding hydrogens is 260 g/mol. The number of benzene rings is 1. The summed E-state index contributed by atoms with van der Waals surface area (Å²) >= 11 is 5.21. The Morgan fingerprint density at radius 3 is 2.79 bits per heavy atom. The zero-order chi connectivity index (χ0) is 10.1. The van der Waals surface area contributed by atoms with Crippen LogP contribution in [0.15, 0.2) is 18.2 Å². The molecule has 2 rings (SSSR count). The molecule has 74 valence electrons. The average Bonchev–Trinajstić information content (AvgIpc) is 2.59. The maximum atomic E-state index is 5.24. The van der Waals surface area contributed by atoms with Crippen molar-refractivity contribution in [2.45, 2.75) is 12.3 Å². The van der Waals surface area contributed by atoms with Gasteiger partial charge < -0.3 is 4.74 Å². The summed E-state index contributed by atoms with van der Waals surface area (Å²) in [5.74, 6) is 0. The number of hydrogen-bond acceptors (Lipinski definition) is 2. The van der Waals surface area contributed by atoms with E-state index in [2.05, 4.69) is 41.1 Å². The van der Waals surface area contributed by atoms with Crippen LogP contribution in [0.5, 0.6) is 5.06 Å². The smallest absolute Gasteiger partial charge is 0.174 e. The molecule has 0 bridgehead atoms. The Balaban J connectivity index is 2.71. The molecule has 0 amide bonds. The quantitative estimate of drug-likeness (QED) is 0.747. The second-order valence-electron chi connectivity index (χ2n) is 3.25. The Morgan fingerprint density at radius 1 is 1.36 bits per heavy atom. The van der Waals surface area contributed by atoms with Crippen molar-refractivity contribution in [3.8, 4) is 5.06 Å². The Bertz CT molecular complexity index is 462. The number of hydrogen-bond donors (Lipinski definition) is 0. The predicted molar refractivity (Wildman–Crippen MR) is 65.7 cm³/mol. The van der Waals surface area contributed by atoms with Gasteiger partial charge in [0.15, 0.2) is 5.06 Å². The fourth-order valence-electron chi connectivity index (χ4n) is 1.57. The van der Waals surface area contributed by atoms with E-state index in [1.54, 1.807) is 18.4 Å². The molecule has 1 aromatic heterocycles. The molecule has 1 aromatic carbocycles. The van der Waals surface area contributed by atoms with Gasteiger partial charge in [0.05, 0.1) is 7.11 Å². The highest BCUT2D eigenvalue weighted by atomic mass is 79.9. The summed E-state index contributed by atoms with van der Waals surface area (Å²) in [6.45, 7) is 2.12. The van der Waals surface area contributed by atoms with Gasteiger partial charge in [0.25, 0.3) is 0 Å². The predicted octanol–water partition coefficient (Wildman–Crippen LogP) is 4.11. The van der Waals surface area contributed by atoms with E-state index < -0.39 is 0 Å². The molecule has 0 aliphatic heterocycles. The zero-order valence-corrected chi connectivity index (χ0v) is 10.5. The van der Waals surface area contributed by atoms with Gasteiger partial charge in [-0.3, -0.25) is 0 Å². The van der Waals surface area contributed by atoms with Crippen LogP contribution in [-0.2, 0) is 5.33 Å².